The van der Waals surface area contributed by atoms with Gasteiger partial charge in [0.05, 0.1) is 0 Å². The molecule has 6 nitrogen and oxygen atoms in total. The van der Waals surface area contributed by atoms with Crippen LogP contribution in [0.4, 0.5) is 0 Å². The third-order valence-corrected chi connectivity index (χ3v) is 4.69. The number of nitrogens with one attached hydrogen (secondary N) is 1. The van der Waals surface area contributed by atoms with Crippen molar-refractivity contribution in [2.24, 2.45) is 0 Å². The number of rotatable bonds is 2. The molecule has 2 aliphatic heterocycles. The Labute approximate surface area is 141 Å². The van der Waals surface area contributed by atoms with Crippen molar-refractivity contribution in [3.05, 3.63) is 35.9 Å². The van der Waals surface area contributed by atoms with Crippen LogP contribution in [0.5, 0.6) is 0 Å². The first-order valence-corrected chi connectivity index (χ1v) is 8.58. The number of hydrogen-bond donors (Lipinski definition) is 1. The molecule has 2 saturated heterocycles. The molecule has 0 unspecified atom stereocenters. The summed E-state index contributed by atoms with van der Waals surface area (Å²) in [6.45, 7) is 2.02. The highest BCUT2D eigenvalue weighted by Gasteiger charge is 2.35. The Morgan fingerprint density at radius 1 is 1.04 bits per heavy atom. The molecule has 1 aromatic rings. The first-order valence-electron chi connectivity index (χ1n) is 8.58. The van der Waals surface area contributed by atoms with Crippen molar-refractivity contribution in [3.63, 3.8) is 0 Å². The Balaban J connectivity index is 1.75. The van der Waals surface area contributed by atoms with E-state index in [-0.39, 0.29) is 17.7 Å². The van der Waals surface area contributed by atoms with E-state index < -0.39 is 6.04 Å². The summed E-state index contributed by atoms with van der Waals surface area (Å²) in [5.74, 6) is -0.140. The summed E-state index contributed by atoms with van der Waals surface area (Å²) in [6.07, 6.45) is 2.88. The van der Waals surface area contributed by atoms with Gasteiger partial charge in [0.2, 0.25) is 11.8 Å². The van der Waals surface area contributed by atoms with Crippen LogP contribution in [0.15, 0.2) is 30.3 Å². The number of carbonyl (C=O) groups excluding carboxylic acids is 3. The second-order valence-electron chi connectivity index (χ2n) is 6.30. The summed E-state index contributed by atoms with van der Waals surface area (Å²) >= 11 is 0. The number of nitrogens with zero attached hydrogens (tertiary/aromatic N) is 2. The van der Waals surface area contributed by atoms with Crippen molar-refractivity contribution >= 4 is 17.7 Å². The predicted octanol–water partition coefficient (Wildman–Crippen LogP) is 1.03. The highest BCUT2D eigenvalue weighted by Crippen LogP contribution is 2.22. The third-order valence-electron chi connectivity index (χ3n) is 4.69. The lowest BCUT2D eigenvalue weighted by molar-refractivity contribution is -0.137. The maximum atomic E-state index is 13.0. The molecule has 0 spiro atoms. The quantitative estimate of drug-likeness (QED) is 0.881. The van der Waals surface area contributed by atoms with Gasteiger partial charge in [-0.15, -0.1) is 0 Å². The lowest BCUT2D eigenvalue weighted by Gasteiger charge is -2.37. The van der Waals surface area contributed by atoms with Crippen molar-refractivity contribution in [1.29, 1.82) is 0 Å². The molecule has 3 amide bonds. The van der Waals surface area contributed by atoms with Crippen LogP contribution in [0.25, 0.3) is 0 Å². The lowest BCUT2D eigenvalue weighted by Crippen LogP contribution is -2.53. The molecule has 2 aliphatic rings. The largest absolute Gasteiger partial charge is 0.354 e. The topological polar surface area (TPSA) is 69.7 Å². The van der Waals surface area contributed by atoms with Gasteiger partial charge < -0.3 is 15.1 Å². The standard InChI is InChI=1S/C18H23N3O3/c22-16-9-12-20(13-10-19-16)18(24)15-8-4-5-11-21(15)17(23)14-6-2-1-3-7-14/h1-3,6-7,15H,4-5,8-13H2,(H,19,22)/t15-/m0/s1. The van der Waals surface area contributed by atoms with Crippen molar-refractivity contribution in [3.8, 4) is 0 Å². The van der Waals surface area contributed by atoms with Gasteiger partial charge in [0, 0.05) is 38.2 Å². The molecular formula is C18H23N3O3. The van der Waals surface area contributed by atoms with E-state index in [2.05, 4.69) is 5.32 Å². The minimum absolute atomic E-state index is 0.0221. The molecule has 2 heterocycles. The normalized spacial score (nSPS) is 21.8. The molecule has 1 N–H and O–H groups in total. The number of amides is 3. The summed E-state index contributed by atoms with van der Waals surface area (Å²) < 4.78 is 0. The van der Waals surface area contributed by atoms with Crippen LogP contribution in [-0.4, -0.2) is 59.7 Å². The van der Waals surface area contributed by atoms with Gasteiger partial charge in [-0.05, 0) is 31.4 Å². The molecule has 0 aromatic heterocycles. The predicted molar refractivity (Wildman–Crippen MR) is 89.3 cm³/mol. The van der Waals surface area contributed by atoms with Crippen LogP contribution < -0.4 is 5.32 Å². The van der Waals surface area contributed by atoms with Crippen molar-refractivity contribution in [2.45, 2.75) is 31.7 Å². The summed E-state index contributed by atoms with van der Waals surface area (Å²) in [6, 6.07) is 8.69. The van der Waals surface area contributed by atoms with Gasteiger partial charge in [-0.1, -0.05) is 18.2 Å². The SMILES string of the molecule is O=C1CCN(C(=O)[C@@H]2CCCCN2C(=O)c2ccccc2)CCN1. The van der Waals surface area contributed by atoms with Gasteiger partial charge in [0.1, 0.15) is 6.04 Å². The fraction of sp³-hybridized carbons (Fsp3) is 0.500. The van der Waals surface area contributed by atoms with Gasteiger partial charge in [0.15, 0.2) is 0 Å². The van der Waals surface area contributed by atoms with Gasteiger partial charge in [-0.3, -0.25) is 14.4 Å². The van der Waals surface area contributed by atoms with E-state index in [9.17, 15) is 14.4 Å². The Morgan fingerprint density at radius 3 is 2.62 bits per heavy atom. The zero-order valence-corrected chi connectivity index (χ0v) is 13.7. The van der Waals surface area contributed by atoms with E-state index in [1.54, 1.807) is 21.9 Å². The molecule has 1 atom stereocenters. The number of likely N-dealkylation sites (tertiary alicyclic amines) is 1. The Morgan fingerprint density at radius 2 is 1.83 bits per heavy atom. The van der Waals surface area contributed by atoms with Crippen LogP contribution in [0.3, 0.4) is 0 Å². The Hall–Kier alpha value is -2.37. The minimum Gasteiger partial charge on any atom is -0.354 e. The van der Waals surface area contributed by atoms with Gasteiger partial charge >= 0.3 is 0 Å². The van der Waals surface area contributed by atoms with E-state index in [0.717, 1.165) is 12.8 Å². The minimum atomic E-state index is -0.417. The monoisotopic (exact) mass is 329 g/mol. The van der Waals surface area contributed by atoms with E-state index in [0.29, 0.717) is 44.6 Å². The van der Waals surface area contributed by atoms with Crippen molar-refractivity contribution in [2.75, 3.05) is 26.2 Å². The molecule has 0 radical (unpaired) electrons. The second-order valence-corrected chi connectivity index (χ2v) is 6.30. The van der Waals surface area contributed by atoms with Gasteiger partial charge in [-0.25, -0.2) is 0 Å². The van der Waals surface area contributed by atoms with Crippen LogP contribution in [0.2, 0.25) is 0 Å². The third kappa shape index (κ3) is 3.58. The Kier molecular flexibility index (Phi) is 5.13. The molecule has 0 aliphatic carbocycles. The molecule has 128 valence electrons. The van der Waals surface area contributed by atoms with E-state index in [1.165, 1.54) is 0 Å². The molecule has 24 heavy (non-hydrogen) atoms. The summed E-state index contributed by atoms with van der Waals surface area (Å²) in [4.78, 5) is 40.7. The zero-order valence-electron chi connectivity index (χ0n) is 13.7. The maximum Gasteiger partial charge on any atom is 0.254 e. The van der Waals surface area contributed by atoms with E-state index in [4.69, 9.17) is 0 Å². The highest BCUT2D eigenvalue weighted by molar-refractivity contribution is 5.97. The number of carbonyl (C=O) groups is 3. The van der Waals surface area contributed by atoms with Crippen molar-refractivity contribution < 1.29 is 14.4 Å². The van der Waals surface area contributed by atoms with Gasteiger partial charge in [0.25, 0.3) is 5.91 Å². The molecule has 0 saturated carbocycles. The number of hydrogen-bond acceptors (Lipinski definition) is 3. The Bertz CT molecular complexity index is 617. The van der Waals surface area contributed by atoms with E-state index in [1.807, 2.05) is 18.2 Å². The fourth-order valence-corrected chi connectivity index (χ4v) is 3.38. The lowest BCUT2D eigenvalue weighted by atomic mass is 9.99. The first-order chi connectivity index (χ1) is 11.7. The molecule has 0 bridgehead atoms. The molecule has 6 heteroatoms. The summed E-state index contributed by atoms with van der Waals surface area (Å²) in [7, 11) is 0. The van der Waals surface area contributed by atoms with E-state index >= 15 is 0 Å². The smallest absolute Gasteiger partial charge is 0.254 e. The molecule has 2 fully saturated rings. The van der Waals surface area contributed by atoms with Crippen molar-refractivity contribution in [1.82, 2.24) is 15.1 Å². The summed E-state index contributed by atoms with van der Waals surface area (Å²) in [5.41, 5.74) is 0.616. The first kappa shape index (κ1) is 16.5. The van der Waals surface area contributed by atoms with Crippen LogP contribution in [-0.2, 0) is 9.59 Å². The van der Waals surface area contributed by atoms with Crippen LogP contribution >= 0.6 is 0 Å². The molecular weight excluding hydrogens is 306 g/mol. The average Bonchev–Trinajstić information content (AvgIpc) is 2.86. The highest BCUT2D eigenvalue weighted by atomic mass is 16.2. The average molecular weight is 329 g/mol. The van der Waals surface area contributed by atoms with Crippen LogP contribution in [0.1, 0.15) is 36.0 Å². The van der Waals surface area contributed by atoms with Crippen LogP contribution in [0, 0.1) is 0 Å². The molecule has 3 rings (SSSR count). The summed E-state index contributed by atoms with van der Waals surface area (Å²) in [5, 5.41) is 2.78. The number of piperidine rings is 1. The maximum absolute atomic E-state index is 13.0. The van der Waals surface area contributed by atoms with Gasteiger partial charge in [-0.2, -0.15) is 0 Å². The second kappa shape index (κ2) is 7.47. The fourth-order valence-electron chi connectivity index (χ4n) is 3.38. The molecule has 1 aromatic carbocycles. The zero-order chi connectivity index (χ0) is 16.9. The number of benzene rings is 1.